The van der Waals surface area contributed by atoms with Gasteiger partial charge in [-0.1, -0.05) is 0 Å². The summed E-state index contributed by atoms with van der Waals surface area (Å²) in [5, 5.41) is 0. The Balaban J connectivity index is 3.21. The van der Waals surface area contributed by atoms with Gasteiger partial charge in [-0.3, -0.25) is 0 Å². The molecule has 0 radical (unpaired) electrons. The van der Waals surface area contributed by atoms with Gasteiger partial charge in [-0.25, -0.2) is 0 Å². The van der Waals surface area contributed by atoms with Gasteiger partial charge in [0.05, 0.1) is 0 Å². The predicted molar refractivity (Wildman–Crippen MR) is 52.5 cm³/mol. The van der Waals surface area contributed by atoms with E-state index in [9.17, 15) is 13.2 Å². The fourth-order valence-electron chi connectivity index (χ4n) is 0.933. The molecule has 0 aliphatic carbocycles. The third-order valence-corrected chi connectivity index (χ3v) is 2.27. The molecule has 0 spiro atoms. The summed E-state index contributed by atoms with van der Waals surface area (Å²) in [5.41, 5.74) is 5.65. The van der Waals surface area contributed by atoms with Crippen molar-refractivity contribution in [3.05, 3.63) is 0 Å². The molecular formula is C8H16F3NOS. The minimum Gasteiger partial charge on any atom is -0.372 e. The number of alkyl halides is 3. The van der Waals surface area contributed by atoms with Crippen molar-refractivity contribution in [1.82, 2.24) is 0 Å². The lowest BCUT2D eigenvalue weighted by Gasteiger charge is -2.10. The van der Waals surface area contributed by atoms with Crippen LogP contribution < -0.4 is 5.73 Å². The van der Waals surface area contributed by atoms with Crippen molar-refractivity contribution >= 4 is 11.8 Å². The maximum Gasteiger partial charge on any atom is 0.411 e. The van der Waals surface area contributed by atoms with Crippen LogP contribution in [0.2, 0.25) is 0 Å². The topological polar surface area (TPSA) is 35.2 Å². The largest absolute Gasteiger partial charge is 0.411 e. The Morgan fingerprint density at radius 2 is 2.07 bits per heavy atom. The first-order valence-electron chi connectivity index (χ1n) is 4.34. The predicted octanol–water partition coefficient (Wildman–Crippen LogP) is 2.04. The minimum absolute atomic E-state index is 0.0551. The Bertz CT molecular complexity index is 143. The van der Waals surface area contributed by atoms with Gasteiger partial charge in [0.2, 0.25) is 0 Å². The summed E-state index contributed by atoms with van der Waals surface area (Å²) in [5.74, 6) is 0.833. The number of thioether (sulfide) groups is 1. The molecule has 2 nitrogen and oxygen atoms in total. The average molecular weight is 231 g/mol. The van der Waals surface area contributed by atoms with Gasteiger partial charge in [-0.2, -0.15) is 24.9 Å². The van der Waals surface area contributed by atoms with Crippen LogP contribution >= 0.6 is 11.8 Å². The quantitative estimate of drug-likeness (QED) is 0.681. The molecule has 0 aromatic carbocycles. The second-order valence-electron chi connectivity index (χ2n) is 3.03. The highest BCUT2D eigenvalue weighted by Crippen LogP contribution is 2.14. The molecule has 0 aliphatic heterocycles. The number of rotatable bonds is 7. The summed E-state index contributed by atoms with van der Waals surface area (Å²) < 4.78 is 39.3. The lowest BCUT2D eigenvalue weighted by atomic mass is 10.2. The van der Waals surface area contributed by atoms with E-state index in [-0.39, 0.29) is 12.6 Å². The van der Waals surface area contributed by atoms with E-state index in [0.29, 0.717) is 12.8 Å². The molecule has 0 aromatic heterocycles. The minimum atomic E-state index is -4.22. The van der Waals surface area contributed by atoms with Gasteiger partial charge in [0.1, 0.15) is 6.61 Å². The fourth-order valence-corrected chi connectivity index (χ4v) is 1.53. The normalized spacial score (nSPS) is 14.4. The van der Waals surface area contributed by atoms with Crippen molar-refractivity contribution in [2.24, 2.45) is 5.73 Å². The van der Waals surface area contributed by atoms with Crippen LogP contribution in [0.3, 0.4) is 0 Å². The van der Waals surface area contributed by atoms with Crippen LogP contribution in [-0.2, 0) is 4.74 Å². The van der Waals surface area contributed by atoms with E-state index in [4.69, 9.17) is 5.73 Å². The Morgan fingerprint density at radius 1 is 1.43 bits per heavy atom. The number of halogens is 3. The zero-order valence-corrected chi connectivity index (χ0v) is 8.96. The third-order valence-electron chi connectivity index (χ3n) is 1.51. The third kappa shape index (κ3) is 10.1. The van der Waals surface area contributed by atoms with Gasteiger partial charge in [0.15, 0.2) is 0 Å². The highest BCUT2D eigenvalue weighted by atomic mass is 32.2. The van der Waals surface area contributed by atoms with Crippen LogP contribution in [0.25, 0.3) is 0 Å². The van der Waals surface area contributed by atoms with Gasteiger partial charge in [-0.05, 0) is 19.1 Å². The molecule has 6 heteroatoms. The molecule has 0 heterocycles. The zero-order chi connectivity index (χ0) is 11.0. The van der Waals surface area contributed by atoms with Crippen LogP contribution in [0.1, 0.15) is 12.8 Å². The van der Waals surface area contributed by atoms with Crippen molar-refractivity contribution in [2.75, 3.05) is 25.2 Å². The van der Waals surface area contributed by atoms with Crippen molar-refractivity contribution < 1.29 is 17.9 Å². The molecule has 0 rings (SSSR count). The molecule has 1 unspecified atom stereocenters. The second kappa shape index (κ2) is 7.36. The molecule has 0 fully saturated rings. The molecule has 0 aromatic rings. The summed E-state index contributed by atoms with van der Waals surface area (Å²) in [6.07, 6.45) is -0.988. The first-order chi connectivity index (χ1) is 6.45. The van der Waals surface area contributed by atoms with E-state index in [2.05, 4.69) is 4.74 Å². The Morgan fingerprint density at radius 3 is 2.57 bits per heavy atom. The van der Waals surface area contributed by atoms with E-state index < -0.39 is 12.8 Å². The van der Waals surface area contributed by atoms with E-state index in [1.165, 1.54) is 0 Å². The SMILES string of the molecule is CSCC(N)CCCOCC(F)(F)F. The standard InChI is InChI=1S/C8H16F3NOS/c1-14-5-7(12)3-2-4-13-6-8(9,10)11/h7H,2-6,12H2,1H3. The summed E-state index contributed by atoms with van der Waals surface area (Å²) in [4.78, 5) is 0. The van der Waals surface area contributed by atoms with E-state index in [1.807, 2.05) is 6.26 Å². The van der Waals surface area contributed by atoms with E-state index in [1.54, 1.807) is 11.8 Å². The van der Waals surface area contributed by atoms with Crippen molar-refractivity contribution in [3.8, 4) is 0 Å². The van der Waals surface area contributed by atoms with Crippen LogP contribution in [0, 0.1) is 0 Å². The molecule has 0 bridgehead atoms. The van der Waals surface area contributed by atoms with Gasteiger partial charge in [0.25, 0.3) is 0 Å². The molecule has 0 aliphatic rings. The van der Waals surface area contributed by atoms with E-state index >= 15 is 0 Å². The lowest BCUT2D eigenvalue weighted by Crippen LogP contribution is -2.23. The van der Waals surface area contributed by atoms with Gasteiger partial charge < -0.3 is 10.5 Å². The van der Waals surface area contributed by atoms with Crippen molar-refractivity contribution in [2.45, 2.75) is 25.1 Å². The molecule has 86 valence electrons. The Hall–Kier alpha value is 0.0600. The fraction of sp³-hybridized carbons (Fsp3) is 1.00. The zero-order valence-electron chi connectivity index (χ0n) is 8.14. The number of hydrogen-bond donors (Lipinski definition) is 1. The maximum atomic E-state index is 11.6. The molecule has 14 heavy (non-hydrogen) atoms. The lowest BCUT2D eigenvalue weighted by molar-refractivity contribution is -0.174. The Labute approximate surface area is 86.4 Å². The molecular weight excluding hydrogens is 215 g/mol. The number of nitrogens with two attached hydrogens (primary N) is 1. The monoisotopic (exact) mass is 231 g/mol. The van der Waals surface area contributed by atoms with E-state index in [0.717, 1.165) is 5.75 Å². The molecule has 0 saturated carbocycles. The number of ether oxygens (including phenoxy) is 1. The van der Waals surface area contributed by atoms with Crippen LogP contribution in [0.5, 0.6) is 0 Å². The van der Waals surface area contributed by atoms with Gasteiger partial charge >= 0.3 is 6.18 Å². The molecule has 0 saturated heterocycles. The summed E-state index contributed by atoms with van der Waals surface area (Å²) in [6.45, 7) is -1.04. The maximum absolute atomic E-state index is 11.6. The molecule has 2 N–H and O–H groups in total. The van der Waals surface area contributed by atoms with Crippen molar-refractivity contribution in [1.29, 1.82) is 0 Å². The van der Waals surface area contributed by atoms with Crippen LogP contribution in [0.15, 0.2) is 0 Å². The van der Waals surface area contributed by atoms with Gasteiger partial charge in [0, 0.05) is 18.4 Å². The molecule has 1 atom stereocenters. The summed E-state index contributed by atoms with van der Waals surface area (Å²) >= 11 is 1.63. The van der Waals surface area contributed by atoms with Crippen LogP contribution in [-0.4, -0.2) is 37.4 Å². The highest BCUT2D eigenvalue weighted by Gasteiger charge is 2.27. The smallest absolute Gasteiger partial charge is 0.372 e. The number of hydrogen-bond acceptors (Lipinski definition) is 3. The Kier molecular flexibility index (Phi) is 7.40. The summed E-state index contributed by atoms with van der Waals surface area (Å²) in [7, 11) is 0. The summed E-state index contributed by atoms with van der Waals surface area (Å²) in [6, 6.07) is 0.0551. The average Bonchev–Trinajstić information content (AvgIpc) is 2.02. The highest BCUT2D eigenvalue weighted by molar-refractivity contribution is 7.98. The molecule has 0 amide bonds. The second-order valence-corrected chi connectivity index (χ2v) is 3.94. The first kappa shape index (κ1) is 14.1. The van der Waals surface area contributed by atoms with Crippen molar-refractivity contribution in [3.63, 3.8) is 0 Å². The van der Waals surface area contributed by atoms with Gasteiger partial charge in [-0.15, -0.1) is 0 Å². The van der Waals surface area contributed by atoms with Crippen LogP contribution in [0.4, 0.5) is 13.2 Å². The first-order valence-corrected chi connectivity index (χ1v) is 5.74.